The summed E-state index contributed by atoms with van der Waals surface area (Å²) in [6, 6.07) is 0. The summed E-state index contributed by atoms with van der Waals surface area (Å²) in [6.07, 6.45) is 0. The quantitative estimate of drug-likeness (QED) is 0.418. The van der Waals surface area contributed by atoms with Gasteiger partial charge in [0.15, 0.2) is 5.41 Å². The van der Waals surface area contributed by atoms with Gasteiger partial charge in [0.2, 0.25) is 0 Å². The first-order valence-corrected chi connectivity index (χ1v) is 2.36. The third kappa shape index (κ3) is 2.68. The van der Waals surface area contributed by atoms with Crippen molar-refractivity contribution in [2.45, 2.75) is 13.8 Å². The number of rotatable bonds is 2. The SMILES string of the molecule is CC(C)(C(=O)O)C(=O)O.[NaH]. The van der Waals surface area contributed by atoms with Gasteiger partial charge in [-0.25, -0.2) is 0 Å². The maximum absolute atomic E-state index is 10.1. The molecule has 0 heterocycles. The average molecular weight is 156 g/mol. The molecule has 0 aromatic carbocycles. The Morgan fingerprint density at radius 3 is 1.30 bits per heavy atom. The van der Waals surface area contributed by atoms with E-state index < -0.39 is 17.4 Å². The zero-order valence-electron chi connectivity index (χ0n) is 5.21. The normalized spacial score (nSPS) is 9.80. The fourth-order valence-electron chi connectivity index (χ4n) is 0.0915. The minimum absolute atomic E-state index is 0. The van der Waals surface area contributed by atoms with Gasteiger partial charge in [0.05, 0.1) is 0 Å². The summed E-state index contributed by atoms with van der Waals surface area (Å²) in [5.74, 6) is -2.65. The third-order valence-corrected chi connectivity index (χ3v) is 1.07. The topological polar surface area (TPSA) is 74.6 Å². The van der Waals surface area contributed by atoms with Crippen molar-refractivity contribution >= 4 is 41.5 Å². The number of aliphatic carboxylic acids is 2. The van der Waals surface area contributed by atoms with Crippen LogP contribution in [0, 0.1) is 5.41 Å². The van der Waals surface area contributed by atoms with Crippen LogP contribution in [0.5, 0.6) is 0 Å². The number of carboxylic acid groups (broad SMARTS) is 2. The molecule has 0 amide bonds. The molecular formula is C5H9NaO4. The molecule has 0 fully saturated rings. The molecule has 5 heteroatoms. The van der Waals surface area contributed by atoms with E-state index in [-0.39, 0.29) is 29.6 Å². The van der Waals surface area contributed by atoms with Crippen LogP contribution in [0.4, 0.5) is 0 Å². The zero-order chi connectivity index (χ0) is 7.65. The molecule has 10 heavy (non-hydrogen) atoms. The Labute approximate surface area is 80.5 Å². The Bertz CT molecular complexity index is 136. The molecule has 4 nitrogen and oxygen atoms in total. The summed E-state index contributed by atoms with van der Waals surface area (Å²) in [7, 11) is 0. The van der Waals surface area contributed by atoms with E-state index in [2.05, 4.69) is 0 Å². The van der Waals surface area contributed by atoms with Gasteiger partial charge in [-0.15, -0.1) is 0 Å². The van der Waals surface area contributed by atoms with Crippen LogP contribution in [-0.2, 0) is 9.59 Å². The van der Waals surface area contributed by atoms with E-state index >= 15 is 0 Å². The Kier molecular flexibility index (Phi) is 4.98. The van der Waals surface area contributed by atoms with Gasteiger partial charge in [-0.05, 0) is 13.8 Å². The molecule has 0 aliphatic carbocycles. The van der Waals surface area contributed by atoms with Gasteiger partial charge in [-0.3, -0.25) is 9.59 Å². The molecule has 0 unspecified atom stereocenters. The van der Waals surface area contributed by atoms with E-state index in [1.807, 2.05) is 0 Å². The van der Waals surface area contributed by atoms with Gasteiger partial charge in [0.25, 0.3) is 0 Å². The predicted octanol–water partition coefficient (Wildman–Crippen LogP) is -0.467. The molecule has 0 saturated carbocycles. The maximum atomic E-state index is 10.1. The van der Waals surface area contributed by atoms with Crippen LogP contribution < -0.4 is 0 Å². The number of carboxylic acids is 2. The van der Waals surface area contributed by atoms with Crippen LogP contribution in [-0.4, -0.2) is 51.7 Å². The van der Waals surface area contributed by atoms with E-state index in [0.29, 0.717) is 0 Å². The van der Waals surface area contributed by atoms with E-state index in [0.717, 1.165) is 13.8 Å². The molecule has 0 rings (SSSR count). The fourth-order valence-corrected chi connectivity index (χ4v) is 0.0915. The molecule has 0 aliphatic heterocycles. The zero-order valence-corrected chi connectivity index (χ0v) is 5.21. The number of carbonyl (C=O) groups is 2. The summed E-state index contributed by atoms with van der Waals surface area (Å²) in [5, 5.41) is 16.5. The third-order valence-electron chi connectivity index (χ3n) is 1.07. The Morgan fingerprint density at radius 2 is 1.30 bits per heavy atom. The van der Waals surface area contributed by atoms with Crippen molar-refractivity contribution in [1.82, 2.24) is 0 Å². The Morgan fingerprint density at radius 1 is 1.10 bits per heavy atom. The van der Waals surface area contributed by atoms with Gasteiger partial charge >= 0.3 is 41.5 Å². The van der Waals surface area contributed by atoms with Crippen molar-refractivity contribution in [1.29, 1.82) is 0 Å². The summed E-state index contributed by atoms with van der Waals surface area (Å²) in [6.45, 7) is 2.27. The molecule has 2 N–H and O–H groups in total. The van der Waals surface area contributed by atoms with Crippen molar-refractivity contribution < 1.29 is 19.8 Å². The van der Waals surface area contributed by atoms with Gasteiger partial charge in [-0.2, -0.15) is 0 Å². The monoisotopic (exact) mass is 156 g/mol. The number of hydrogen-bond donors (Lipinski definition) is 2. The van der Waals surface area contributed by atoms with Crippen LogP contribution in [0.2, 0.25) is 0 Å². The van der Waals surface area contributed by atoms with Crippen LogP contribution >= 0.6 is 0 Å². The second kappa shape index (κ2) is 3.95. The van der Waals surface area contributed by atoms with Crippen LogP contribution in [0.3, 0.4) is 0 Å². The second-order valence-electron chi connectivity index (χ2n) is 2.24. The first-order valence-electron chi connectivity index (χ1n) is 2.36. The van der Waals surface area contributed by atoms with Crippen LogP contribution in [0.25, 0.3) is 0 Å². The first-order chi connectivity index (χ1) is 3.89. The van der Waals surface area contributed by atoms with Crippen LogP contribution in [0.15, 0.2) is 0 Å². The van der Waals surface area contributed by atoms with Gasteiger partial charge in [0, 0.05) is 0 Å². The van der Waals surface area contributed by atoms with Crippen molar-refractivity contribution in [2.75, 3.05) is 0 Å². The van der Waals surface area contributed by atoms with Crippen LogP contribution in [0.1, 0.15) is 13.8 Å². The summed E-state index contributed by atoms with van der Waals surface area (Å²) in [5.41, 5.74) is -1.67. The van der Waals surface area contributed by atoms with E-state index in [1.54, 1.807) is 0 Å². The van der Waals surface area contributed by atoms with Gasteiger partial charge in [0.1, 0.15) is 0 Å². The molecule has 0 aromatic rings. The predicted molar refractivity (Wildman–Crippen MR) is 36.2 cm³/mol. The van der Waals surface area contributed by atoms with Crippen molar-refractivity contribution in [2.24, 2.45) is 5.41 Å². The molecule has 0 aromatic heterocycles. The molecular weight excluding hydrogens is 147 g/mol. The number of hydrogen-bond acceptors (Lipinski definition) is 2. The van der Waals surface area contributed by atoms with E-state index in [9.17, 15) is 9.59 Å². The van der Waals surface area contributed by atoms with E-state index in [1.165, 1.54) is 0 Å². The summed E-state index contributed by atoms with van der Waals surface area (Å²) < 4.78 is 0. The summed E-state index contributed by atoms with van der Waals surface area (Å²) >= 11 is 0. The van der Waals surface area contributed by atoms with Crippen molar-refractivity contribution in [3.8, 4) is 0 Å². The van der Waals surface area contributed by atoms with Crippen molar-refractivity contribution in [3.63, 3.8) is 0 Å². The molecule has 54 valence electrons. The Balaban J connectivity index is 0. The Hall–Kier alpha value is -0.0600. The fraction of sp³-hybridized carbons (Fsp3) is 0.600. The summed E-state index contributed by atoms with van der Waals surface area (Å²) in [4.78, 5) is 20.2. The molecule has 0 spiro atoms. The molecule has 0 atom stereocenters. The minimum atomic E-state index is -1.67. The van der Waals surface area contributed by atoms with Gasteiger partial charge < -0.3 is 10.2 Å². The average Bonchev–Trinajstić information content (AvgIpc) is 1.65. The molecule has 0 radical (unpaired) electrons. The van der Waals surface area contributed by atoms with Gasteiger partial charge in [-0.1, -0.05) is 0 Å². The second-order valence-corrected chi connectivity index (χ2v) is 2.24. The molecule has 0 bridgehead atoms. The van der Waals surface area contributed by atoms with E-state index in [4.69, 9.17) is 10.2 Å². The molecule has 0 aliphatic rings. The molecule has 0 saturated heterocycles. The van der Waals surface area contributed by atoms with Crippen molar-refractivity contribution in [3.05, 3.63) is 0 Å². The standard InChI is InChI=1S/C5H8O4.Na.H/c1-5(2,3(6)7)4(8)9;;/h1-2H3,(H,6,7)(H,8,9);;. The first kappa shape index (κ1) is 12.6.